The monoisotopic (exact) mass is 289 g/mol. The molecule has 0 heterocycles. The molecule has 21 heavy (non-hydrogen) atoms. The van der Waals surface area contributed by atoms with Gasteiger partial charge >= 0.3 is 0 Å². The van der Waals surface area contributed by atoms with Crippen LogP contribution in [0, 0.1) is 5.82 Å². The van der Waals surface area contributed by atoms with E-state index in [9.17, 15) is 4.39 Å². The molecule has 0 amide bonds. The Morgan fingerprint density at radius 2 is 1.76 bits per heavy atom. The molecular weight excluding hydrogens is 269 g/mol. The van der Waals surface area contributed by atoms with Gasteiger partial charge in [0.25, 0.3) is 0 Å². The number of halogens is 1. The lowest BCUT2D eigenvalue weighted by Gasteiger charge is -2.17. The minimum Gasteiger partial charge on any atom is -0.497 e. The summed E-state index contributed by atoms with van der Waals surface area (Å²) in [5, 5.41) is 3.37. The normalized spacial score (nSPS) is 12.0. The van der Waals surface area contributed by atoms with Gasteiger partial charge in [-0.15, -0.1) is 0 Å². The quantitative estimate of drug-likeness (QED) is 0.879. The molecule has 1 unspecified atom stereocenters. The molecule has 0 aliphatic rings. The molecule has 0 aliphatic carbocycles. The van der Waals surface area contributed by atoms with Crippen LogP contribution in [0.15, 0.2) is 42.5 Å². The van der Waals surface area contributed by atoms with E-state index in [2.05, 4.69) is 5.32 Å². The minimum atomic E-state index is -0.260. The van der Waals surface area contributed by atoms with E-state index in [1.54, 1.807) is 20.3 Å². The average Bonchev–Trinajstić information content (AvgIpc) is 2.53. The highest BCUT2D eigenvalue weighted by molar-refractivity contribution is 5.36. The maximum Gasteiger partial charge on any atom is 0.123 e. The van der Waals surface area contributed by atoms with Gasteiger partial charge in [-0.1, -0.05) is 12.1 Å². The molecule has 1 N–H and O–H groups in total. The number of methoxy groups -OCH3 is 2. The van der Waals surface area contributed by atoms with Gasteiger partial charge < -0.3 is 14.8 Å². The molecule has 0 bridgehead atoms. The number of nitrogens with one attached hydrogen (secondary N) is 1. The maximum atomic E-state index is 13.4. The molecule has 2 aromatic carbocycles. The van der Waals surface area contributed by atoms with Crippen molar-refractivity contribution in [3.8, 4) is 11.5 Å². The second-order valence-corrected chi connectivity index (χ2v) is 4.84. The van der Waals surface area contributed by atoms with Crippen molar-refractivity contribution in [2.24, 2.45) is 0 Å². The zero-order valence-electron chi connectivity index (χ0n) is 12.5. The molecule has 0 saturated heterocycles. The van der Waals surface area contributed by atoms with E-state index in [0.29, 0.717) is 12.3 Å². The minimum absolute atomic E-state index is 0.0160. The molecule has 4 heteroatoms. The smallest absolute Gasteiger partial charge is 0.123 e. The van der Waals surface area contributed by atoms with Crippen molar-refractivity contribution < 1.29 is 13.9 Å². The first-order chi connectivity index (χ1) is 10.1. The van der Waals surface area contributed by atoms with E-state index in [-0.39, 0.29) is 11.9 Å². The highest BCUT2D eigenvalue weighted by Crippen LogP contribution is 2.26. The lowest BCUT2D eigenvalue weighted by molar-refractivity contribution is 0.399. The fourth-order valence-electron chi connectivity index (χ4n) is 2.17. The molecule has 2 rings (SSSR count). The van der Waals surface area contributed by atoms with Crippen LogP contribution in [0.5, 0.6) is 11.5 Å². The van der Waals surface area contributed by atoms with Gasteiger partial charge in [0, 0.05) is 18.2 Å². The van der Waals surface area contributed by atoms with Gasteiger partial charge in [0.2, 0.25) is 0 Å². The molecule has 2 aromatic rings. The van der Waals surface area contributed by atoms with Crippen LogP contribution in [-0.2, 0) is 6.54 Å². The first-order valence-corrected chi connectivity index (χ1v) is 6.83. The molecule has 112 valence electrons. The van der Waals surface area contributed by atoms with Gasteiger partial charge in [0.1, 0.15) is 17.3 Å². The topological polar surface area (TPSA) is 30.5 Å². The largest absolute Gasteiger partial charge is 0.497 e. The second kappa shape index (κ2) is 7.09. The van der Waals surface area contributed by atoms with Crippen molar-refractivity contribution in [1.82, 2.24) is 5.32 Å². The van der Waals surface area contributed by atoms with Crippen molar-refractivity contribution in [1.29, 1.82) is 0 Å². The van der Waals surface area contributed by atoms with Crippen molar-refractivity contribution in [2.75, 3.05) is 14.2 Å². The van der Waals surface area contributed by atoms with Crippen molar-refractivity contribution in [2.45, 2.75) is 19.5 Å². The van der Waals surface area contributed by atoms with Crippen LogP contribution in [0.1, 0.15) is 24.1 Å². The van der Waals surface area contributed by atoms with Gasteiger partial charge in [-0.05, 0) is 42.8 Å². The molecule has 0 saturated carbocycles. The summed E-state index contributed by atoms with van der Waals surface area (Å²) in [6, 6.07) is 12.4. The van der Waals surface area contributed by atoms with Crippen molar-refractivity contribution in [3.05, 3.63) is 59.4 Å². The van der Waals surface area contributed by atoms with E-state index < -0.39 is 0 Å². The average molecular weight is 289 g/mol. The van der Waals surface area contributed by atoms with E-state index in [0.717, 1.165) is 16.9 Å². The Kier molecular flexibility index (Phi) is 5.17. The Morgan fingerprint density at radius 3 is 2.38 bits per heavy atom. The molecular formula is C17H20FNO2. The third-order valence-electron chi connectivity index (χ3n) is 3.43. The fraction of sp³-hybridized carbons (Fsp3) is 0.294. The van der Waals surface area contributed by atoms with E-state index in [4.69, 9.17) is 9.47 Å². The number of hydrogen-bond acceptors (Lipinski definition) is 3. The van der Waals surface area contributed by atoms with Gasteiger partial charge in [0.15, 0.2) is 0 Å². The summed E-state index contributed by atoms with van der Waals surface area (Å²) in [5.41, 5.74) is 1.95. The summed E-state index contributed by atoms with van der Waals surface area (Å²) >= 11 is 0. The molecule has 0 aromatic heterocycles. The summed E-state index contributed by atoms with van der Waals surface area (Å²) in [6.07, 6.45) is 0. The SMILES string of the molecule is COc1ccc(CNC(C)c2cc(F)ccc2OC)cc1. The predicted molar refractivity (Wildman–Crippen MR) is 81.2 cm³/mol. The standard InChI is InChI=1S/C17H20FNO2/c1-12(16-10-14(18)6-9-17(16)21-3)19-11-13-4-7-15(20-2)8-5-13/h4-10,12,19H,11H2,1-3H3. The molecule has 0 fully saturated rings. The lowest BCUT2D eigenvalue weighted by Crippen LogP contribution is -2.18. The highest BCUT2D eigenvalue weighted by Gasteiger charge is 2.12. The van der Waals surface area contributed by atoms with Crippen molar-refractivity contribution >= 4 is 0 Å². The summed E-state index contributed by atoms with van der Waals surface area (Å²) < 4.78 is 23.8. The Bertz CT molecular complexity index is 584. The number of hydrogen-bond donors (Lipinski definition) is 1. The van der Waals surface area contributed by atoms with Crippen molar-refractivity contribution in [3.63, 3.8) is 0 Å². The molecule has 0 aliphatic heterocycles. The zero-order valence-corrected chi connectivity index (χ0v) is 12.5. The van der Waals surface area contributed by atoms with Crippen LogP contribution in [0.3, 0.4) is 0 Å². The van der Waals surface area contributed by atoms with E-state index in [1.807, 2.05) is 31.2 Å². The van der Waals surface area contributed by atoms with Gasteiger partial charge in [0.05, 0.1) is 14.2 Å². The summed E-state index contributed by atoms with van der Waals surface area (Å²) in [5.74, 6) is 1.26. The molecule has 0 spiro atoms. The fourth-order valence-corrected chi connectivity index (χ4v) is 2.17. The Labute approximate surface area is 124 Å². The van der Waals surface area contributed by atoms with Gasteiger partial charge in [-0.2, -0.15) is 0 Å². The summed E-state index contributed by atoms with van der Waals surface area (Å²) in [4.78, 5) is 0. The van der Waals surface area contributed by atoms with Crippen LogP contribution < -0.4 is 14.8 Å². The first kappa shape index (κ1) is 15.3. The summed E-state index contributed by atoms with van der Waals surface area (Å²) in [6.45, 7) is 2.67. The van der Waals surface area contributed by atoms with Gasteiger partial charge in [-0.3, -0.25) is 0 Å². The third-order valence-corrected chi connectivity index (χ3v) is 3.43. The van der Waals surface area contributed by atoms with Gasteiger partial charge in [-0.25, -0.2) is 4.39 Å². The molecule has 0 radical (unpaired) electrons. The Morgan fingerprint density at radius 1 is 1.05 bits per heavy atom. The van der Waals surface area contributed by atoms with E-state index >= 15 is 0 Å². The lowest BCUT2D eigenvalue weighted by atomic mass is 10.1. The van der Waals surface area contributed by atoms with Crippen LogP contribution in [0.25, 0.3) is 0 Å². The van der Waals surface area contributed by atoms with Crippen LogP contribution >= 0.6 is 0 Å². The van der Waals surface area contributed by atoms with E-state index in [1.165, 1.54) is 12.1 Å². The second-order valence-electron chi connectivity index (χ2n) is 4.84. The van der Waals surface area contributed by atoms with Crippen LogP contribution in [0.2, 0.25) is 0 Å². The first-order valence-electron chi connectivity index (χ1n) is 6.83. The Hall–Kier alpha value is -2.07. The number of benzene rings is 2. The van der Waals surface area contributed by atoms with Crippen LogP contribution in [-0.4, -0.2) is 14.2 Å². The Balaban J connectivity index is 2.03. The maximum absolute atomic E-state index is 13.4. The number of rotatable bonds is 6. The van der Waals surface area contributed by atoms with Crippen LogP contribution in [0.4, 0.5) is 4.39 Å². The molecule has 1 atom stereocenters. The predicted octanol–water partition coefficient (Wildman–Crippen LogP) is 3.69. The zero-order chi connectivity index (χ0) is 15.2. The summed E-state index contributed by atoms with van der Waals surface area (Å²) in [7, 11) is 3.23. The highest BCUT2D eigenvalue weighted by atomic mass is 19.1. The molecule has 3 nitrogen and oxygen atoms in total. The number of ether oxygens (including phenoxy) is 2. The third kappa shape index (κ3) is 3.95.